The molecule has 0 aliphatic rings. The normalized spacial score (nSPS) is 10.8. The number of alkyl halides is 2. The highest BCUT2D eigenvalue weighted by Gasteiger charge is 2.16. The van der Waals surface area contributed by atoms with Crippen molar-refractivity contribution in [2.45, 2.75) is 6.61 Å². The van der Waals surface area contributed by atoms with Gasteiger partial charge in [0.15, 0.2) is 0 Å². The van der Waals surface area contributed by atoms with Crippen molar-refractivity contribution in [3.05, 3.63) is 70.6 Å². The fraction of sp³-hybridized carbons (Fsp3) is 0.0588. The molecular weight excluding hydrogens is 320 g/mol. The fourth-order valence-electron chi connectivity index (χ4n) is 2.18. The summed E-state index contributed by atoms with van der Waals surface area (Å²) in [6, 6.07) is 13.8. The second kappa shape index (κ2) is 6.49. The quantitative estimate of drug-likeness (QED) is 0.741. The molecule has 1 amide bonds. The van der Waals surface area contributed by atoms with Crippen LogP contribution in [0.15, 0.2) is 63.8 Å². The second-order valence-corrected chi connectivity index (χ2v) is 4.81. The fourth-order valence-corrected chi connectivity index (χ4v) is 2.18. The number of carbonyl (C=O) groups excluding carboxylic acids is 1. The Morgan fingerprint density at radius 2 is 1.79 bits per heavy atom. The Bertz CT molecular complexity index is 952. The number of fused-ring (bicyclic) bond motifs is 1. The summed E-state index contributed by atoms with van der Waals surface area (Å²) in [6.45, 7) is -3.03. The molecule has 3 aromatic rings. The van der Waals surface area contributed by atoms with Gasteiger partial charge in [0.1, 0.15) is 16.9 Å². The van der Waals surface area contributed by atoms with Crippen LogP contribution in [0.3, 0.4) is 0 Å². The maximum absolute atomic E-state index is 12.4. The van der Waals surface area contributed by atoms with Crippen molar-refractivity contribution < 1.29 is 22.7 Å². The van der Waals surface area contributed by atoms with Crippen molar-refractivity contribution in [2.75, 3.05) is 5.32 Å². The summed E-state index contributed by atoms with van der Waals surface area (Å²) in [5, 5.41) is 2.95. The Morgan fingerprint density at radius 1 is 1.08 bits per heavy atom. The molecule has 0 saturated heterocycles. The van der Waals surface area contributed by atoms with Crippen molar-refractivity contribution >= 4 is 22.6 Å². The highest BCUT2D eigenvalue weighted by molar-refractivity contribution is 6.06. The minimum Gasteiger partial charge on any atom is -0.433 e. The summed E-state index contributed by atoms with van der Waals surface area (Å²) < 4.78 is 34.2. The minimum absolute atomic E-state index is 0.0235. The number of nitrogens with one attached hydrogen (secondary N) is 1. The van der Waals surface area contributed by atoms with E-state index >= 15 is 0 Å². The van der Waals surface area contributed by atoms with Crippen LogP contribution in [0.5, 0.6) is 5.75 Å². The number of rotatable bonds is 4. The topological polar surface area (TPSA) is 68.5 Å². The highest BCUT2D eigenvalue weighted by atomic mass is 19.3. The van der Waals surface area contributed by atoms with Gasteiger partial charge in [0.25, 0.3) is 5.91 Å². The molecule has 0 aliphatic heterocycles. The lowest BCUT2D eigenvalue weighted by atomic mass is 10.1. The molecule has 7 heteroatoms. The predicted octanol–water partition coefficient (Wildman–Crippen LogP) is 3.65. The molecule has 0 aliphatic carbocycles. The van der Waals surface area contributed by atoms with Gasteiger partial charge in [-0.1, -0.05) is 30.3 Å². The molecule has 24 heavy (non-hydrogen) atoms. The van der Waals surface area contributed by atoms with E-state index in [4.69, 9.17) is 4.42 Å². The van der Waals surface area contributed by atoms with Gasteiger partial charge in [-0.25, -0.2) is 4.79 Å². The summed E-state index contributed by atoms with van der Waals surface area (Å²) in [4.78, 5) is 24.3. The minimum atomic E-state index is -3.03. The number of ether oxygens (including phenoxy) is 1. The number of carbonyl (C=O) groups is 1. The van der Waals surface area contributed by atoms with Crippen LogP contribution in [0, 0.1) is 0 Å². The van der Waals surface area contributed by atoms with Crippen LogP contribution in [-0.2, 0) is 0 Å². The summed E-state index contributed by atoms with van der Waals surface area (Å²) in [5.74, 6) is -0.981. The first-order valence-corrected chi connectivity index (χ1v) is 6.92. The van der Waals surface area contributed by atoms with Gasteiger partial charge in [0, 0.05) is 5.39 Å². The van der Waals surface area contributed by atoms with Gasteiger partial charge in [-0.05, 0) is 24.3 Å². The molecule has 1 aromatic heterocycles. The van der Waals surface area contributed by atoms with Crippen LogP contribution in [0.2, 0.25) is 0 Å². The molecule has 0 spiro atoms. The first kappa shape index (κ1) is 15.7. The van der Waals surface area contributed by atoms with Crippen LogP contribution >= 0.6 is 0 Å². The third-order valence-electron chi connectivity index (χ3n) is 3.24. The van der Waals surface area contributed by atoms with Crippen molar-refractivity contribution in [3.63, 3.8) is 0 Å². The van der Waals surface area contributed by atoms with Crippen molar-refractivity contribution in [1.29, 1.82) is 0 Å². The van der Waals surface area contributed by atoms with E-state index in [2.05, 4.69) is 10.1 Å². The maximum atomic E-state index is 12.4. The zero-order valence-electron chi connectivity index (χ0n) is 12.2. The van der Waals surface area contributed by atoms with Crippen LogP contribution in [0.1, 0.15) is 10.4 Å². The zero-order valence-corrected chi connectivity index (χ0v) is 12.2. The summed E-state index contributed by atoms with van der Waals surface area (Å²) in [6.07, 6.45) is 0. The van der Waals surface area contributed by atoms with E-state index in [9.17, 15) is 18.4 Å². The van der Waals surface area contributed by atoms with E-state index in [0.29, 0.717) is 11.0 Å². The average Bonchev–Trinajstić information content (AvgIpc) is 2.55. The Kier molecular flexibility index (Phi) is 4.24. The molecule has 0 saturated carbocycles. The number of para-hydroxylation sites is 3. The molecule has 2 aromatic carbocycles. The van der Waals surface area contributed by atoms with Gasteiger partial charge in [-0.3, -0.25) is 4.79 Å². The molecule has 1 heterocycles. The molecule has 3 rings (SSSR count). The Morgan fingerprint density at radius 3 is 2.58 bits per heavy atom. The first-order chi connectivity index (χ1) is 11.5. The van der Waals surface area contributed by atoms with Crippen LogP contribution in [0.4, 0.5) is 14.5 Å². The molecule has 5 nitrogen and oxygen atoms in total. The number of benzene rings is 2. The molecule has 0 atom stereocenters. The van der Waals surface area contributed by atoms with Crippen LogP contribution < -0.4 is 15.7 Å². The van der Waals surface area contributed by atoms with Gasteiger partial charge < -0.3 is 14.5 Å². The van der Waals surface area contributed by atoms with E-state index in [1.807, 2.05) is 0 Å². The number of hydrogen-bond donors (Lipinski definition) is 1. The van der Waals surface area contributed by atoms with Crippen LogP contribution in [-0.4, -0.2) is 12.5 Å². The van der Waals surface area contributed by atoms with Gasteiger partial charge in [-0.15, -0.1) is 0 Å². The number of anilines is 1. The highest BCUT2D eigenvalue weighted by Crippen LogP contribution is 2.26. The maximum Gasteiger partial charge on any atom is 0.387 e. The smallest absolute Gasteiger partial charge is 0.387 e. The van der Waals surface area contributed by atoms with Gasteiger partial charge in [-0.2, -0.15) is 8.78 Å². The molecular formula is C17H11F2NO4. The predicted molar refractivity (Wildman–Crippen MR) is 83.5 cm³/mol. The molecule has 0 bridgehead atoms. The average molecular weight is 331 g/mol. The first-order valence-electron chi connectivity index (χ1n) is 6.92. The summed E-state index contributed by atoms with van der Waals surface area (Å²) >= 11 is 0. The molecule has 0 fully saturated rings. The van der Waals surface area contributed by atoms with Gasteiger partial charge in [0.05, 0.1) is 5.69 Å². The van der Waals surface area contributed by atoms with Gasteiger partial charge >= 0.3 is 12.2 Å². The van der Waals surface area contributed by atoms with Crippen molar-refractivity contribution in [1.82, 2.24) is 0 Å². The van der Waals surface area contributed by atoms with Gasteiger partial charge in [0.2, 0.25) is 0 Å². The lowest BCUT2D eigenvalue weighted by Crippen LogP contribution is -2.21. The third-order valence-corrected chi connectivity index (χ3v) is 3.24. The lowest BCUT2D eigenvalue weighted by Gasteiger charge is -2.11. The Hall–Kier alpha value is -3.22. The van der Waals surface area contributed by atoms with E-state index in [1.165, 1.54) is 30.3 Å². The van der Waals surface area contributed by atoms with E-state index in [0.717, 1.165) is 0 Å². The SMILES string of the molecule is O=C(Nc1ccccc1OC(F)F)c1cc2ccccc2oc1=O. The molecule has 122 valence electrons. The Balaban J connectivity index is 1.93. The molecule has 1 N–H and O–H groups in total. The second-order valence-electron chi connectivity index (χ2n) is 4.81. The number of amides is 1. The Labute approximate surface area is 134 Å². The van der Waals surface area contributed by atoms with Crippen LogP contribution in [0.25, 0.3) is 11.0 Å². The number of hydrogen-bond acceptors (Lipinski definition) is 4. The molecule has 0 radical (unpaired) electrons. The summed E-state index contributed by atoms with van der Waals surface area (Å²) in [7, 11) is 0. The van der Waals surface area contributed by atoms with Crippen molar-refractivity contribution in [2.24, 2.45) is 0 Å². The monoisotopic (exact) mass is 331 g/mol. The van der Waals surface area contributed by atoms with Crippen molar-refractivity contribution in [3.8, 4) is 5.75 Å². The van der Waals surface area contributed by atoms with E-state index in [1.54, 1.807) is 24.3 Å². The molecule has 0 unspecified atom stereocenters. The van der Waals surface area contributed by atoms with E-state index in [-0.39, 0.29) is 17.0 Å². The number of halogens is 2. The largest absolute Gasteiger partial charge is 0.433 e. The lowest BCUT2D eigenvalue weighted by molar-refractivity contribution is -0.0493. The zero-order chi connectivity index (χ0) is 17.1. The standard InChI is InChI=1S/C17H11F2NO4/c18-17(19)24-14-8-4-2-6-12(14)20-15(21)11-9-10-5-1-3-7-13(10)23-16(11)22/h1-9,17H,(H,20,21). The summed E-state index contributed by atoms with van der Waals surface area (Å²) in [5.41, 5.74) is -0.685. The van der Waals surface area contributed by atoms with E-state index < -0.39 is 18.1 Å². The third kappa shape index (κ3) is 3.24.